The van der Waals surface area contributed by atoms with E-state index in [0.29, 0.717) is 10.6 Å². The summed E-state index contributed by atoms with van der Waals surface area (Å²) in [5.74, 6) is -1.24. The van der Waals surface area contributed by atoms with Crippen molar-refractivity contribution in [3.8, 4) is 5.75 Å². The first kappa shape index (κ1) is 17.9. The zero-order chi connectivity index (χ0) is 19.1. The average Bonchev–Trinajstić information content (AvgIpc) is 3.30. The molecule has 27 heavy (non-hydrogen) atoms. The Morgan fingerprint density at radius 1 is 1.15 bits per heavy atom. The number of nitrogens with zero attached hydrogens (tertiary/aromatic N) is 2. The number of amides is 3. The van der Waals surface area contributed by atoms with Crippen molar-refractivity contribution in [3.05, 3.63) is 51.6 Å². The van der Waals surface area contributed by atoms with Gasteiger partial charge in [0.25, 0.3) is 11.8 Å². The molecule has 1 unspecified atom stereocenters. The third-order valence-electron chi connectivity index (χ3n) is 4.18. The molecule has 3 heterocycles. The van der Waals surface area contributed by atoms with Crippen molar-refractivity contribution in [1.29, 1.82) is 0 Å². The van der Waals surface area contributed by atoms with Crippen LogP contribution in [-0.2, 0) is 14.4 Å². The Morgan fingerprint density at radius 3 is 2.56 bits per heavy atom. The molecule has 0 saturated carbocycles. The number of thiophene rings is 1. The van der Waals surface area contributed by atoms with Crippen molar-refractivity contribution >= 4 is 69.1 Å². The number of anilines is 1. The molecule has 9 heteroatoms. The predicted molar refractivity (Wildman–Crippen MR) is 108 cm³/mol. The molecule has 0 aliphatic carbocycles. The van der Waals surface area contributed by atoms with Gasteiger partial charge in [0.15, 0.2) is 0 Å². The first-order valence-electron chi connectivity index (χ1n) is 7.92. The maximum Gasteiger partial charge on any atom is 0.266 e. The first-order chi connectivity index (χ1) is 13.0. The fourth-order valence-corrected chi connectivity index (χ4v) is 5.02. The van der Waals surface area contributed by atoms with E-state index in [1.165, 1.54) is 40.5 Å². The molecular weight excluding hydrogens is 404 g/mol. The average molecular weight is 417 g/mol. The Balaban J connectivity index is 1.61. The molecule has 2 aliphatic rings. The summed E-state index contributed by atoms with van der Waals surface area (Å²) in [6.45, 7) is 0. The summed E-state index contributed by atoms with van der Waals surface area (Å²) in [6, 6.07) is 8.57. The largest absolute Gasteiger partial charge is 0.508 e. The number of imide groups is 1. The summed E-state index contributed by atoms with van der Waals surface area (Å²) < 4.78 is 0.265. The molecule has 0 bridgehead atoms. The number of carbonyl (C=O) groups is 3. The van der Waals surface area contributed by atoms with Gasteiger partial charge >= 0.3 is 0 Å². The molecule has 3 amide bonds. The number of hydrogen-bond acceptors (Lipinski definition) is 7. The van der Waals surface area contributed by atoms with E-state index in [1.807, 2.05) is 17.5 Å². The van der Waals surface area contributed by atoms with Gasteiger partial charge in [-0.15, -0.1) is 11.3 Å². The topological polar surface area (TPSA) is 77.9 Å². The molecule has 1 atom stereocenters. The summed E-state index contributed by atoms with van der Waals surface area (Å²) in [5, 5.41) is 11.3. The number of aromatic hydroxyl groups is 1. The van der Waals surface area contributed by atoms with Gasteiger partial charge in [-0.3, -0.25) is 19.3 Å². The molecule has 136 valence electrons. The molecule has 6 nitrogen and oxygen atoms in total. The Labute approximate surface area is 168 Å². The van der Waals surface area contributed by atoms with Crippen molar-refractivity contribution in [2.45, 2.75) is 12.5 Å². The van der Waals surface area contributed by atoms with Gasteiger partial charge in [-0.2, -0.15) is 0 Å². The zero-order valence-corrected chi connectivity index (χ0v) is 16.1. The molecular formula is C18H12N2O4S3. The Bertz CT molecular complexity index is 983. The number of rotatable bonds is 3. The van der Waals surface area contributed by atoms with E-state index >= 15 is 0 Å². The van der Waals surface area contributed by atoms with Crippen molar-refractivity contribution in [2.24, 2.45) is 0 Å². The molecule has 2 fully saturated rings. The number of thioether (sulfide) groups is 1. The van der Waals surface area contributed by atoms with Gasteiger partial charge in [0.05, 0.1) is 17.0 Å². The lowest BCUT2D eigenvalue weighted by molar-refractivity contribution is -0.129. The molecule has 1 aromatic heterocycles. The highest BCUT2D eigenvalue weighted by Crippen LogP contribution is 2.37. The molecule has 2 saturated heterocycles. The van der Waals surface area contributed by atoms with E-state index in [1.54, 1.807) is 6.08 Å². The number of phenolic OH excluding ortho intramolecular Hbond substituents is 1. The van der Waals surface area contributed by atoms with E-state index < -0.39 is 17.9 Å². The molecule has 4 rings (SSSR count). The fraction of sp³-hybridized carbons (Fsp3) is 0.111. The van der Waals surface area contributed by atoms with Gasteiger partial charge < -0.3 is 5.11 Å². The molecule has 1 N–H and O–H groups in total. The third-order valence-corrected chi connectivity index (χ3v) is 6.33. The van der Waals surface area contributed by atoms with Gasteiger partial charge in [-0.05, 0) is 41.8 Å². The van der Waals surface area contributed by atoms with E-state index in [4.69, 9.17) is 12.2 Å². The second kappa shape index (κ2) is 6.91. The monoisotopic (exact) mass is 416 g/mol. The van der Waals surface area contributed by atoms with E-state index in [-0.39, 0.29) is 22.4 Å². The van der Waals surface area contributed by atoms with Crippen LogP contribution in [-0.4, -0.2) is 38.1 Å². The molecule has 0 spiro atoms. The van der Waals surface area contributed by atoms with Gasteiger partial charge in [0.1, 0.15) is 16.1 Å². The van der Waals surface area contributed by atoms with E-state index in [9.17, 15) is 19.5 Å². The van der Waals surface area contributed by atoms with Crippen LogP contribution in [0.2, 0.25) is 0 Å². The zero-order valence-electron chi connectivity index (χ0n) is 13.7. The number of benzene rings is 1. The normalized spacial score (nSPS) is 21.8. The third kappa shape index (κ3) is 3.18. The summed E-state index contributed by atoms with van der Waals surface area (Å²) in [4.78, 5) is 41.7. The minimum atomic E-state index is -0.951. The molecule has 0 radical (unpaired) electrons. The number of hydrogen-bond donors (Lipinski definition) is 1. The second-order valence-corrected chi connectivity index (χ2v) is 8.53. The van der Waals surface area contributed by atoms with Crippen molar-refractivity contribution in [3.63, 3.8) is 0 Å². The number of thiocarbonyl (C=S) groups is 1. The SMILES string of the molecule is O=C1CC(N2C(=O)/C(=C/c3cccs3)SC2=S)C(=O)N1c1ccc(O)cc1. The standard InChI is InChI=1S/C18H12N2O4S3/c21-11-5-3-10(4-6-11)19-15(22)9-13(16(19)23)20-17(24)14(27-18(20)25)8-12-2-1-7-26-12/h1-8,13,21H,9H2/b14-8-. The summed E-state index contributed by atoms with van der Waals surface area (Å²) in [5.41, 5.74) is 0.352. The summed E-state index contributed by atoms with van der Waals surface area (Å²) in [7, 11) is 0. The lowest BCUT2D eigenvalue weighted by Gasteiger charge is -2.21. The van der Waals surface area contributed by atoms with Crippen molar-refractivity contribution in [1.82, 2.24) is 4.90 Å². The van der Waals surface area contributed by atoms with Crippen molar-refractivity contribution in [2.75, 3.05) is 4.90 Å². The lowest BCUT2D eigenvalue weighted by Crippen LogP contribution is -2.44. The molecule has 2 aliphatic heterocycles. The minimum absolute atomic E-state index is 0.0325. The smallest absolute Gasteiger partial charge is 0.266 e. The maximum absolute atomic E-state index is 12.9. The molecule has 1 aromatic carbocycles. The van der Waals surface area contributed by atoms with Crippen LogP contribution in [0.5, 0.6) is 5.75 Å². The molecule has 2 aromatic rings. The number of phenols is 1. The Hall–Kier alpha value is -2.49. The van der Waals surface area contributed by atoms with Crippen LogP contribution in [0, 0.1) is 0 Å². The highest BCUT2D eigenvalue weighted by Gasteiger charge is 2.48. The van der Waals surface area contributed by atoms with Crippen LogP contribution >= 0.6 is 35.3 Å². The quantitative estimate of drug-likeness (QED) is 0.471. The minimum Gasteiger partial charge on any atom is -0.508 e. The number of carbonyl (C=O) groups excluding carboxylic acids is 3. The first-order valence-corrected chi connectivity index (χ1v) is 10.0. The fourth-order valence-electron chi connectivity index (χ4n) is 2.94. The highest BCUT2D eigenvalue weighted by atomic mass is 32.2. The Kier molecular flexibility index (Phi) is 4.58. The van der Waals surface area contributed by atoms with Gasteiger partial charge in [0, 0.05) is 4.88 Å². The van der Waals surface area contributed by atoms with E-state index in [0.717, 1.165) is 21.5 Å². The van der Waals surface area contributed by atoms with Crippen LogP contribution in [0.1, 0.15) is 11.3 Å². The predicted octanol–water partition coefficient (Wildman–Crippen LogP) is 2.99. The van der Waals surface area contributed by atoms with Crippen LogP contribution in [0.15, 0.2) is 46.7 Å². The second-order valence-electron chi connectivity index (χ2n) is 5.87. The lowest BCUT2D eigenvalue weighted by atomic mass is 10.2. The van der Waals surface area contributed by atoms with Crippen LogP contribution in [0.4, 0.5) is 5.69 Å². The van der Waals surface area contributed by atoms with E-state index in [2.05, 4.69) is 0 Å². The van der Waals surface area contributed by atoms with Crippen LogP contribution in [0.25, 0.3) is 6.08 Å². The Morgan fingerprint density at radius 2 is 1.89 bits per heavy atom. The van der Waals surface area contributed by atoms with Gasteiger partial charge in [0.2, 0.25) is 5.91 Å². The van der Waals surface area contributed by atoms with Crippen LogP contribution < -0.4 is 4.90 Å². The highest BCUT2D eigenvalue weighted by molar-refractivity contribution is 8.26. The van der Waals surface area contributed by atoms with Gasteiger partial charge in [-0.25, -0.2) is 4.90 Å². The van der Waals surface area contributed by atoms with Crippen molar-refractivity contribution < 1.29 is 19.5 Å². The summed E-state index contributed by atoms with van der Waals surface area (Å²) >= 11 is 7.93. The summed E-state index contributed by atoms with van der Waals surface area (Å²) in [6.07, 6.45) is 1.61. The van der Waals surface area contributed by atoms with Crippen LogP contribution in [0.3, 0.4) is 0 Å². The maximum atomic E-state index is 12.9. The van der Waals surface area contributed by atoms with Gasteiger partial charge in [-0.1, -0.05) is 30.0 Å².